The van der Waals surface area contributed by atoms with E-state index in [1.54, 1.807) is 24.3 Å². The predicted octanol–water partition coefficient (Wildman–Crippen LogP) is 1.49. The molecule has 1 heterocycles. The average Bonchev–Trinajstić information content (AvgIpc) is 2.41. The minimum Gasteiger partial charge on any atom is -0.268 e. The Kier molecular flexibility index (Phi) is 1.71. The molecule has 0 spiro atoms. The van der Waals surface area contributed by atoms with Crippen molar-refractivity contribution in [2.45, 2.75) is 0 Å². The van der Waals surface area contributed by atoms with E-state index in [2.05, 4.69) is 0 Å². The summed E-state index contributed by atoms with van der Waals surface area (Å²) < 4.78 is 11.1. The van der Waals surface area contributed by atoms with Gasteiger partial charge in [-0.2, -0.15) is 4.67 Å². The maximum Gasteiger partial charge on any atom is 0.292 e. The van der Waals surface area contributed by atoms with Crippen LogP contribution in [0.3, 0.4) is 0 Å². The standard InChI is InChI=1S/C8H4NO3P/c10-7-5-3-1-2-4-6(5)8(11)9(7)13-12/h1-4H. The van der Waals surface area contributed by atoms with Crippen LogP contribution in [0.2, 0.25) is 0 Å². The fourth-order valence-corrected chi connectivity index (χ4v) is 1.61. The fraction of sp³-hybridized carbons (Fsp3) is 0. The van der Waals surface area contributed by atoms with Crippen molar-refractivity contribution in [3.8, 4) is 0 Å². The molecule has 0 unspecified atom stereocenters. The molecule has 0 saturated carbocycles. The van der Waals surface area contributed by atoms with Crippen LogP contribution in [0.15, 0.2) is 24.3 Å². The van der Waals surface area contributed by atoms with Gasteiger partial charge in [0.25, 0.3) is 20.4 Å². The molecule has 0 radical (unpaired) electrons. The van der Waals surface area contributed by atoms with Crippen LogP contribution >= 0.6 is 8.61 Å². The first-order valence-electron chi connectivity index (χ1n) is 3.57. The summed E-state index contributed by atoms with van der Waals surface area (Å²) in [5, 5.41) is 0. The summed E-state index contributed by atoms with van der Waals surface area (Å²) in [6.45, 7) is 0. The number of carbonyl (C=O) groups is 2. The van der Waals surface area contributed by atoms with E-state index in [0.717, 1.165) is 0 Å². The molecule has 0 bridgehead atoms. The van der Waals surface area contributed by atoms with Gasteiger partial charge in [0.2, 0.25) is 0 Å². The van der Waals surface area contributed by atoms with Crippen molar-refractivity contribution in [2.75, 3.05) is 0 Å². The zero-order valence-corrected chi connectivity index (χ0v) is 7.32. The number of hydrogen-bond acceptors (Lipinski definition) is 3. The highest BCUT2D eigenvalue weighted by molar-refractivity contribution is 7.23. The van der Waals surface area contributed by atoms with E-state index in [1.165, 1.54) is 0 Å². The van der Waals surface area contributed by atoms with Crippen LogP contribution in [0.25, 0.3) is 0 Å². The van der Waals surface area contributed by atoms with Crippen LogP contribution < -0.4 is 0 Å². The largest absolute Gasteiger partial charge is 0.292 e. The maximum absolute atomic E-state index is 11.3. The lowest BCUT2D eigenvalue weighted by atomic mass is 10.1. The first-order chi connectivity index (χ1) is 6.25. The highest BCUT2D eigenvalue weighted by atomic mass is 31.1. The Balaban J connectivity index is 2.63. The topological polar surface area (TPSA) is 54.5 Å². The molecule has 4 nitrogen and oxygen atoms in total. The van der Waals surface area contributed by atoms with Gasteiger partial charge in [-0.25, -0.2) is 4.57 Å². The van der Waals surface area contributed by atoms with Gasteiger partial charge in [0.05, 0.1) is 11.1 Å². The molecule has 13 heavy (non-hydrogen) atoms. The first-order valence-corrected chi connectivity index (χ1v) is 4.33. The highest BCUT2D eigenvalue weighted by Gasteiger charge is 2.35. The van der Waals surface area contributed by atoms with E-state index in [1.807, 2.05) is 0 Å². The number of carbonyl (C=O) groups excluding carboxylic acids is 2. The number of benzene rings is 1. The smallest absolute Gasteiger partial charge is 0.268 e. The van der Waals surface area contributed by atoms with Gasteiger partial charge in [0, 0.05) is 0 Å². The molecule has 1 aromatic rings. The number of hydrogen-bond donors (Lipinski definition) is 0. The van der Waals surface area contributed by atoms with Gasteiger partial charge in [-0.1, -0.05) is 12.1 Å². The Morgan fingerprint density at radius 1 is 1.00 bits per heavy atom. The summed E-state index contributed by atoms with van der Waals surface area (Å²) in [6.07, 6.45) is 0. The molecule has 64 valence electrons. The lowest BCUT2D eigenvalue weighted by Crippen LogP contribution is -2.18. The zero-order chi connectivity index (χ0) is 9.42. The van der Waals surface area contributed by atoms with Crippen molar-refractivity contribution in [1.82, 2.24) is 4.67 Å². The predicted molar refractivity (Wildman–Crippen MR) is 44.5 cm³/mol. The third kappa shape index (κ3) is 0.993. The third-order valence-electron chi connectivity index (χ3n) is 1.85. The number of fused-ring (bicyclic) bond motifs is 1. The Labute approximate surface area is 75.4 Å². The fourth-order valence-electron chi connectivity index (χ4n) is 1.25. The van der Waals surface area contributed by atoms with Crippen molar-refractivity contribution in [1.29, 1.82) is 0 Å². The van der Waals surface area contributed by atoms with Crippen LogP contribution in [-0.2, 0) is 4.57 Å². The summed E-state index contributed by atoms with van der Waals surface area (Å²) in [5.74, 6) is -1.01. The van der Waals surface area contributed by atoms with Crippen LogP contribution in [0.4, 0.5) is 0 Å². The SMILES string of the molecule is O=PN1C(=O)c2ccccc2C1=O. The van der Waals surface area contributed by atoms with Crippen molar-refractivity contribution < 1.29 is 14.2 Å². The molecule has 0 fully saturated rings. The van der Waals surface area contributed by atoms with Crippen LogP contribution in [0.5, 0.6) is 0 Å². The second kappa shape index (κ2) is 2.75. The summed E-state index contributed by atoms with van der Waals surface area (Å²) in [4.78, 5) is 22.7. The third-order valence-corrected chi connectivity index (χ3v) is 2.38. The van der Waals surface area contributed by atoms with Crippen molar-refractivity contribution in [3.63, 3.8) is 0 Å². The normalized spacial score (nSPS) is 15.2. The summed E-state index contributed by atoms with van der Waals surface area (Å²) in [5.41, 5.74) is 0.631. The van der Waals surface area contributed by atoms with Crippen molar-refractivity contribution in [2.24, 2.45) is 0 Å². The van der Waals surface area contributed by atoms with Gasteiger partial charge in [0.1, 0.15) is 0 Å². The number of rotatable bonds is 1. The minimum atomic E-state index is -0.579. The van der Waals surface area contributed by atoms with Gasteiger partial charge in [-0.05, 0) is 12.1 Å². The lowest BCUT2D eigenvalue weighted by molar-refractivity contribution is 0.0770. The van der Waals surface area contributed by atoms with E-state index in [-0.39, 0.29) is 0 Å². The van der Waals surface area contributed by atoms with Gasteiger partial charge in [0.15, 0.2) is 0 Å². The average molecular weight is 193 g/mol. The zero-order valence-electron chi connectivity index (χ0n) is 6.43. The molecule has 0 aliphatic carbocycles. The molecule has 1 aliphatic heterocycles. The number of imide groups is 1. The van der Waals surface area contributed by atoms with Gasteiger partial charge in [-0.3, -0.25) is 9.59 Å². The summed E-state index contributed by atoms with van der Waals surface area (Å²) in [6, 6.07) is 6.41. The lowest BCUT2D eigenvalue weighted by Gasteiger charge is -1.98. The summed E-state index contributed by atoms with van der Waals surface area (Å²) in [7, 11) is -0.579. The van der Waals surface area contributed by atoms with E-state index in [4.69, 9.17) is 0 Å². The van der Waals surface area contributed by atoms with E-state index >= 15 is 0 Å². The Morgan fingerprint density at radius 2 is 1.46 bits per heavy atom. The molecule has 1 aliphatic rings. The van der Waals surface area contributed by atoms with Crippen molar-refractivity contribution in [3.05, 3.63) is 35.4 Å². The van der Waals surface area contributed by atoms with Crippen LogP contribution in [-0.4, -0.2) is 16.5 Å². The Hall–Kier alpha value is -1.54. The van der Waals surface area contributed by atoms with E-state index < -0.39 is 20.4 Å². The molecule has 0 saturated heterocycles. The van der Waals surface area contributed by atoms with Gasteiger partial charge < -0.3 is 0 Å². The first kappa shape index (κ1) is 8.08. The van der Waals surface area contributed by atoms with Crippen LogP contribution in [0, 0.1) is 0 Å². The molecule has 0 aromatic heterocycles. The second-order valence-corrected chi connectivity index (χ2v) is 3.11. The molecule has 0 atom stereocenters. The quantitative estimate of drug-likeness (QED) is 0.501. The maximum atomic E-state index is 11.3. The molecular formula is C8H4NO3P. The minimum absolute atomic E-state index is 0.316. The van der Waals surface area contributed by atoms with Crippen molar-refractivity contribution >= 4 is 20.4 Å². The monoisotopic (exact) mass is 193 g/mol. The molecule has 2 amide bonds. The van der Waals surface area contributed by atoms with Crippen LogP contribution in [0.1, 0.15) is 20.7 Å². The van der Waals surface area contributed by atoms with Gasteiger partial charge >= 0.3 is 0 Å². The number of nitrogens with zero attached hydrogens (tertiary/aromatic N) is 1. The summed E-state index contributed by atoms with van der Waals surface area (Å²) >= 11 is 0. The van der Waals surface area contributed by atoms with E-state index in [9.17, 15) is 14.2 Å². The molecule has 5 heteroatoms. The molecule has 2 rings (SSSR count). The second-order valence-electron chi connectivity index (χ2n) is 2.55. The molecular weight excluding hydrogens is 189 g/mol. The molecule has 1 aromatic carbocycles. The Morgan fingerprint density at radius 3 is 1.85 bits per heavy atom. The number of amides is 2. The highest BCUT2D eigenvalue weighted by Crippen LogP contribution is 2.26. The molecule has 0 N–H and O–H groups in total. The van der Waals surface area contributed by atoms with E-state index in [0.29, 0.717) is 15.8 Å². The van der Waals surface area contributed by atoms with Gasteiger partial charge in [-0.15, -0.1) is 0 Å². The Bertz CT molecular complexity index is 381.